The van der Waals surface area contributed by atoms with Crippen LogP contribution in [0.25, 0.3) is 93.6 Å². The van der Waals surface area contributed by atoms with Crippen LogP contribution in [0.5, 0.6) is 0 Å². The third kappa shape index (κ3) is 4.55. The summed E-state index contributed by atoms with van der Waals surface area (Å²) < 4.78 is 8.61. The first-order valence-corrected chi connectivity index (χ1v) is 19.0. The van der Waals surface area contributed by atoms with Crippen molar-refractivity contribution in [1.82, 2.24) is 4.57 Å². The van der Waals surface area contributed by atoms with Crippen LogP contribution in [0.2, 0.25) is 0 Å². The molecule has 0 spiro atoms. The van der Waals surface area contributed by atoms with Gasteiger partial charge in [-0.15, -0.1) is 0 Å². The minimum atomic E-state index is 0.165. The van der Waals surface area contributed by atoms with E-state index < -0.39 is 0 Å². The number of rotatable bonds is 4. The molecule has 0 bridgehead atoms. The lowest BCUT2D eigenvalue weighted by Crippen LogP contribution is -1.99. The molecule has 9 aromatic carbocycles. The topological polar surface area (TPSA) is 18.1 Å². The lowest BCUT2D eigenvalue weighted by molar-refractivity contribution is 0.669. The van der Waals surface area contributed by atoms with Gasteiger partial charge in [0, 0.05) is 33.2 Å². The van der Waals surface area contributed by atoms with Crippen LogP contribution >= 0.6 is 0 Å². The van der Waals surface area contributed by atoms with Gasteiger partial charge in [-0.25, -0.2) is 0 Å². The van der Waals surface area contributed by atoms with E-state index in [1.165, 1.54) is 93.7 Å². The Labute approximate surface area is 318 Å². The largest absolute Gasteiger partial charge is 0.456 e. The summed E-state index contributed by atoms with van der Waals surface area (Å²) in [7, 11) is 0. The van der Waals surface area contributed by atoms with Crippen molar-refractivity contribution in [2.45, 2.75) is 5.92 Å². The zero-order chi connectivity index (χ0) is 36.0. The molecule has 1 aliphatic rings. The summed E-state index contributed by atoms with van der Waals surface area (Å²) >= 11 is 0. The van der Waals surface area contributed by atoms with Gasteiger partial charge in [0.05, 0.1) is 11.0 Å². The first-order valence-electron chi connectivity index (χ1n) is 19.0. The smallest absolute Gasteiger partial charge is 0.136 e. The maximum absolute atomic E-state index is 6.21. The van der Waals surface area contributed by atoms with E-state index in [1.807, 2.05) is 12.1 Å². The van der Waals surface area contributed by atoms with Crippen molar-refractivity contribution in [3.63, 3.8) is 0 Å². The Morgan fingerprint density at radius 1 is 0.382 bits per heavy atom. The Morgan fingerprint density at radius 2 is 1.05 bits per heavy atom. The lowest BCUT2D eigenvalue weighted by atomic mass is 9.87. The highest BCUT2D eigenvalue weighted by Gasteiger charge is 2.30. The summed E-state index contributed by atoms with van der Waals surface area (Å²) in [5, 5.41) is 7.35. The molecule has 1 atom stereocenters. The van der Waals surface area contributed by atoms with Gasteiger partial charge in [-0.2, -0.15) is 0 Å². The van der Waals surface area contributed by atoms with Crippen molar-refractivity contribution >= 4 is 54.5 Å². The SMILES string of the molecule is c1ccc(-n2c3ccccc3c3ccc(-c4ccc5c(c4)-c4ccccc4C5c4ccc5cc(-c6cccc7oc8ccccc8c67)ccc5c4)cc32)cc1. The molecular formula is C53H33NO. The van der Waals surface area contributed by atoms with Crippen LogP contribution in [0.15, 0.2) is 199 Å². The van der Waals surface area contributed by atoms with E-state index in [0.717, 1.165) is 16.6 Å². The lowest BCUT2D eigenvalue weighted by Gasteiger charge is -2.16. The quantitative estimate of drug-likeness (QED) is 0.179. The fourth-order valence-electron chi connectivity index (χ4n) is 9.37. The van der Waals surface area contributed by atoms with Gasteiger partial charge in [0.1, 0.15) is 11.2 Å². The van der Waals surface area contributed by atoms with Gasteiger partial charge in [0.15, 0.2) is 0 Å². The molecule has 2 aromatic heterocycles. The van der Waals surface area contributed by atoms with Crippen LogP contribution in [-0.4, -0.2) is 4.57 Å². The third-order valence-corrected chi connectivity index (χ3v) is 11.9. The van der Waals surface area contributed by atoms with Crippen molar-refractivity contribution in [1.29, 1.82) is 0 Å². The Morgan fingerprint density at radius 3 is 2.00 bits per heavy atom. The van der Waals surface area contributed by atoms with Crippen molar-refractivity contribution in [2.24, 2.45) is 0 Å². The second-order valence-corrected chi connectivity index (χ2v) is 14.8. The number of hydrogen-bond donors (Lipinski definition) is 0. The van der Waals surface area contributed by atoms with Crippen LogP contribution in [0, 0.1) is 0 Å². The predicted molar refractivity (Wildman–Crippen MR) is 229 cm³/mol. The zero-order valence-electron chi connectivity index (χ0n) is 29.9. The number of furan rings is 1. The molecule has 12 rings (SSSR count). The summed E-state index contributed by atoms with van der Waals surface area (Å²) in [6, 6.07) is 71.1. The minimum Gasteiger partial charge on any atom is -0.456 e. The maximum Gasteiger partial charge on any atom is 0.136 e. The van der Waals surface area contributed by atoms with Crippen molar-refractivity contribution in [3.05, 3.63) is 211 Å². The molecule has 2 heteroatoms. The number of nitrogens with zero attached hydrogens (tertiary/aromatic N) is 1. The Hall–Kier alpha value is -7.16. The van der Waals surface area contributed by atoms with Gasteiger partial charge in [0.25, 0.3) is 0 Å². The van der Waals surface area contributed by atoms with Gasteiger partial charge in [0.2, 0.25) is 0 Å². The monoisotopic (exact) mass is 699 g/mol. The van der Waals surface area contributed by atoms with Crippen molar-refractivity contribution in [3.8, 4) is 39.1 Å². The third-order valence-electron chi connectivity index (χ3n) is 11.9. The standard InChI is InChI=1S/C53H33NO/c1-2-11-39(12-3-1)54-48-18-8-6-14-42(48)43-27-25-36(32-49(43)54)35-26-28-45-47(31-35)41-13-4-5-15-44(41)52(45)38-24-22-33-29-37(23-21-34(33)30-38)40-17-10-20-51-53(40)46-16-7-9-19-50(46)55-51/h1-32,52H. The van der Waals surface area contributed by atoms with E-state index in [-0.39, 0.29) is 5.92 Å². The Kier molecular flexibility index (Phi) is 6.43. The number of para-hydroxylation sites is 3. The summed E-state index contributed by atoms with van der Waals surface area (Å²) in [4.78, 5) is 0. The predicted octanol–water partition coefficient (Wildman–Crippen LogP) is 14.3. The average molecular weight is 700 g/mol. The maximum atomic E-state index is 6.21. The van der Waals surface area contributed by atoms with E-state index in [1.54, 1.807) is 0 Å². The number of fused-ring (bicyclic) bond motifs is 10. The normalized spacial score (nSPS) is 13.6. The minimum absolute atomic E-state index is 0.165. The highest BCUT2D eigenvalue weighted by atomic mass is 16.3. The molecule has 2 heterocycles. The van der Waals surface area contributed by atoms with E-state index in [0.29, 0.717) is 0 Å². The van der Waals surface area contributed by atoms with Gasteiger partial charge in [-0.05, 0) is 109 Å². The number of hydrogen-bond acceptors (Lipinski definition) is 1. The molecule has 55 heavy (non-hydrogen) atoms. The number of aromatic nitrogens is 1. The molecule has 0 saturated carbocycles. The summed E-state index contributed by atoms with van der Waals surface area (Å²) in [6.07, 6.45) is 0. The van der Waals surface area contributed by atoms with Crippen molar-refractivity contribution in [2.75, 3.05) is 0 Å². The van der Waals surface area contributed by atoms with Crippen LogP contribution in [0.1, 0.15) is 22.6 Å². The molecular weight excluding hydrogens is 667 g/mol. The van der Waals surface area contributed by atoms with Crippen LogP contribution in [0.4, 0.5) is 0 Å². The molecule has 1 aliphatic carbocycles. The molecule has 11 aromatic rings. The van der Waals surface area contributed by atoms with Crippen LogP contribution < -0.4 is 0 Å². The summed E-state index contributed by atoms with van der Waals surface area (Å²) in [6.45, 7) is 0. The second kappa shape index (κ2) is 11.7. The number of benzene rings is 9. The molecule has 1 unspecified atom stereocenters. The van der Waals surface area contributed by atoms with Crippen LogP contribution in [-0.2, 0) is 0 Å². The molecule has 0 aliphatic heterocycles. The fraction of sp³-hybridized carbons (Fsp3) is 0.0189. The molecule has 0 amide bonds. The van der Waals surface area contributed by atoms with Gasteiger partial charge < -0.3 is 8.98 Å². The Bertz CT molecular complexity index is 3330. The molecule has 0 fully saturated rings. The molecule has 2 nitrogen and oxygen atoms in total. The van der Waals surface area contributed by atoms with E-state index in [9.17, 15) is 0 Å². The Balaban J connectivity index is 0.953. The van der Waals surface area contributed by atoms with E-state index in [2.05, 4.69) is 187 Å². The van der Waals surface area contributed by atoms with E-state index >= 15 is 0 Å². The summed E-state index contributed by atoms with van der Waals surface area (Å²) in [5.74, 6) is 0.165. The highest BCUT2D eigenvalue weighted by Crippen LogP contribution is 2.50. The molecule has 0 N–H and O–H groups in total. The second-order valence-electron chi connectivity index (χ2n) is 14.8. The fourth-order valence-corrected chi connectivity index (χ4v) is 9.37. The van der Waals surface area contributed by atoms with Gasteiger partial charge in [-0.3, -0.25) is 0 Å². The molecule has 0 saturated heterocycles. The molecule has 256 valence electrons. The van der Waals surface area contributed by atoms with Crippen LogP contribution in [0.3, 0.4) is 0 Å². The van der Waals surface area contributed by atoms with Gasteiger partial charge >= 0.3 is 0 Å². The molecule has 0 radical (unpaired) electrons. The summed E-state index contributed by atoms with van der Waals surface area (Å²) in [5.41, 5.74) is 17.0. The first-order chi connectivity index (χ1) is 27.3. The van der Waals surface area contributed by atoms with Crippen molar-refractivity contribution < 1.29 is 4.42 Å². The van der Waals surface area contributed by atoms with E-state index in [4.69, 9.17) is 4.42 Å². The first kappa shape index (κ1) is 30.3. The highest BCUT2D eigenvalue weighted by molar-refractivity contribution is 6.13. The average Bonchev–Trinajstić information content (AvgIpc) is 3.91. The zero-order valence-corrected chi connectivity index (χ0v) is 29.9. The van der Waals surface area contributed by atoms with Gasteiger partial charge in [-0.1, -0.05) is 146 Å².